The van der Waals surface area contributed by atoms with Crippen molar-refractivity contribution in [3.05, 3.63) is 40.9 Å². The third kappa shape index (κ3) is 3.15. The van der Waals surface area contributed by atoms with Gasteiger partial charge >= 0.3 is 0 Å². The van der Waals surface area contributed by atoms with Crippen LogP contribution in [0.15, 0.2) is 30.4 Å². The number of hydrogen-bond donors (Lipinski definition) is 1. The van der Waals surface area contributed by atoms with Gasteiger partial charge in [-0.3, -0.25) is 4.72 Å². The lowest BCUT2D eigenvalue weighted by atomic mass is 10.0. The molecule has 0 aromatic heterocycles. The van der Waals surface area contributed by atoms with Crippen LogP contribution in [0.1, 0.15) is 18.4 Å². The Kier molecular flexibility index (Phi) is 4.20. The second-order valence-corrected chi connectivity index (χ2v) is 7.89. The van der Waals surface area contributed by atoms with Gasteiger partial charge in [0.15, 0.2) is 5.79 Å². The lowest BCUT2D eigenvalue weighted by Crippen LogP contribution is -2.36. The summed E-state index contributed by atoms with van der Waals surface area (Å²) in [6, 6.07) is 5.07. The number of anilines is 1. The molecule has 0 radical (unpaired) electrons. The Morgan fingerprint density at radius 1 is 1.32 bits per heavy atom. The van der Waals surface area contributed by atoms with E-state index in [1.807, 2.05) is 6.92 Å². The zero-order valence-electron chi connectivity index (χ0n) is 12.2. The van der Waals surface area contributed by atoms with E-state index in [1.165, 1.54) is 0 Å². The summed E-state index contributed by atoms with van der Waals surface area (Å²) in [7, 11) is -3.51. The molecule has 7 heteroatoms. The summed E-state index contributed by atoms with van der Waals surface area (Å²) in [4.78, 5) is 0. The summed E-state index contributed by atoms with van der Waals surface area (Å²) in [6.45, 7) is 2.91. The standard InChI is InChI=1S/C15H18ClNO4S/c1-11-10-12(16)2-3-14(11)17-22(18,19)13-4-6-15(7-5-13)20-8-9-21-15/h2-4,6,10,13,17H,5,7-9H2,1H3. The van der Waals surface area contributed by atoms with Crippen molar-refractivity contribution in [1.82, 2.24) is 0 Å². The van der Waals surface area contributed by atoms with Gasteiger partial charge in [-0.05, 0) is 43.2 Å². The van der Waals surface area contributed by atoms with Crippen molar-refractivity contribution in [2.45, 2.75) is 30.8 Å². The average molecular weight is 344 g/mol. The number of nitrogens with one attached hydrogen (secondary N) is 1. The van der Waals surface area contributed by atoms with Crippen LogP contribution in [0, 0.1) is 6.92 Å². The maximum absolute atomic E-state index is 12.5. The van der Waals surface area contributed by atoms with Crippen LogP contribution in [-0.4, -0.2) is 32.7 Å². The lowest BCUT2D eigenvalue weighted by molar-refractivity contribution is -0.124. The highest BCUT2D eigenvalue weighted by Crippen LogP contribution is 2.33. The maximum atomic E-state index is 12.5. The van der Waals surface area contributed by atoms with Crippen LogP contribution in [0.4, 0.5) is 5.69 Å². The van der Waals surface area contributed by atoms with Crippen molar-refractivity contribution in [2.75, 3.05) is 17.9 Å². The summed E-state index contributed by atoms with van der Waals surface area (Å²) in [5, 5.41) is -0.0171. The molecular weight excluding hydrogens is 326 g/mol. The van der Waals surface area contributed by atoms with E-state index >= 15 is 0 Å². The number of aryl methyl sites for hydroxylation is 1. The van der Waals surface area contributed by atoms with Gasteiger partial charge in [-0.15, -0.1) is 0 Å². The molecule has 1 N–H and O–H groups in total. The molecule has 1 heterocycles. The first-order valence-electron chi connectivity index (χ1n) is 7.15. The Labute approximate surface area is 135 Å². The molecule has 120 valence electrons. The predicted molar refractivity (Wildman–Crippen MR) is 85.5 cm³/mol. The van der Waals surface area contributed by atoms with Crippen LogP contribution in [-0.2, 0) is 19.5 Å². The van der Waals surface area contributed by atoms with Crippen molar-refractivity contribution >= 4 is 27.3 Å². The summed E-state index contributed by atoms with van der Waals surface area (Å²) < 4.78 is 38.8. The van der Waals surface area contributed by atoms with Gasteiger partial charge in [0, 0.05) is 11.4 Å². The Bertz CT molecular complexity index is 695. The van der Waals surface area contributed by atoms with Gasteiger partial charge in [0.05, 0.1) is 24.2 Å². The van der Waals surface area contributed by atoms with Crippen LogP contribution in [0.5, 0.6) is 0 Å². The number of hydrogen-bond acceptors (Lipinski definition) is 4. The minimum Gasteiger partial charge on any atom is -0.344 e. The molecule has 0 amide bonds. The fourth-order valence-corrected chi connectivity index (χ4v) is 4.34. The van der Waals surface area contributed by atoms with Crippen LogP contribution >= 0.6 is 11.6 Å². The van der Waals surface area contributed by atoms with Crippen molar-refractivity contribution in [3.8, 4) is 0 Å². The first kappa shape index (κ1) is 15.8. The van der Waals surface area contributed by atoms with Crippen LogP contribution in [0.25, 0.3) is 0 Å². The number of sulfonamides is 1. The molecule has 3 rings (SSSR count). The molecule has 0 bridgehead atoms. The number of rotatable bonds is 3. The quantitative estimate of drug-likeness (QED) is 0.857. The molecular formula is C15H18ClNO4S. The molecule has 1 spiro atoms. The summed E-state index contributed by atoms with van der Waals surface area (Å²) in [6.07, 6.45) is 4.37. The molecule has 5 nitrogen and oxygen atoms in total. The molecule has 0 saturated carbocycles. The van der Waals surface area contributed by atoms with Gasteiger partial charge in [-0.2, -0.15) is 0 Å². The molecule has 1 fully saturated rings. The lowest BCUT2D eigenvalue weighted by Gasteiger charge is -2.30. The molecule has 1 aromatic rings. The van der Waals surface area contributed by atoms with Gasteiger partial charge in [0.1, 0.15) is 0 Å². The normalized spacial score (nSPS) is 23.8. The second-order valence-electron chi connectivity index (χ2n) is 5.55. The number of halogens is 1. The number of ether oxygens (including phenoxy) is 2. The minimum absolute atomic E-state index is 0.457. The monoisotopic (exact) mass is 343 g/mol. The molecule has 1 atom stereocenters. The highest BCUT2D eigenvalue weighted by Gasteiger charge is 2.39. The van der Waals surface area contributed by atoms with E-state index in [1.54, 1.807) is 30.4 Å². The molecule has 1 saturated heterocycles. The second kappa shape index (κ2) is 5.85. The highest BCUT2D eigenvalue weighted by molar-refractivity contribution is 7.93. The molecule has 1 unspecified atom stereocenters. The van der Waals surface area contributed by atoms with Crippen LogP contribution in [0.3, 0.4) is 0 Å². The third-order valence-electron chi connectivity index (χ3n) is 3.96. The van der Waals surface area contributed by atoms with Crippen molar-refractivity contribution in [3.63, 3.8) is 0 Å². The van der Waals surface area contributed by atoms with E-state index in [0.717, 1.165) is 5.56 Å². The topological polar surface area (TPSA) is 64.6 Å². The van der Waals surface area contributed by atoms with Gasteiger partial charge in [-0.1, -0.05) is 17.7 Å². The number of benzene rings is 1. The van der Waals surface area contributed by atoms with Gasteiger partial charge < -0.3 is 9.47 Å². The molecule has 1 aliphatic carbocycles. The van der Waals surface area contributed by atoms with E-state index in [0.29, 0.717) is 36.8 Å². The fourth-order valence-electron chi connectivity index (χ4n) is 2.72. The predicted octanol–water partition coefficient (Wildman–Crippen LogP) is 2.85. The molecule has 1 aromatic carbocycles. The van der Waals surface area contributed by atoms with E-state index in [-0.39, 0.29) is 0 Å². The van der Waals surface area contributed by atoms with Gasteiger partial charge in [0.25, 0.3) is 0 Å². The summed E-state index contributed by atoms with van der Waals surface area (Å²) in [5.41, 5.74) is 1.33. The Morgan fingerprint density at radius 2 is 2.05 bits per heavy atom. The maximum Gasteiger partial charge on any atom is 0.239 e. The third-order valence-corrected chi connectivity index (χ3v) is 5.89. The molecule has 1 aliphatic heterocycles. The highest BCUT2D eigenvalue weighted by atomic mass is 35.5. The SMILES string of the molecule is Cc1cc(Cl)ccc1NS(=O)(=O)C1C=CC2(CC1)OCCO2. The van der Waals surface area contributed by atoms with Crippen molar-refractivity contribution < 1.29 is 17.9 Å². The van der Waals surface area contributed by atoms with Crippen molar-refractivity contribution in [1.29, 1.82) is 0 Å². The smallest absolute Gasteiger partial charge is 0.239 e. The first-order valence-corrected chi connectivity index (χ1v) is 9.08. The zero-order valence-corrected chi connectivity index (χ0v) is 13.8. The largest absolute Gasteiger partial charge is 0.344 e. The Balaban J connectivity index is 1.76. The Morgan fingerprint density at radius 3 is 2.64 bits per heavy atom. The Hall–Kier alpha value is -1.08. The van der Waals surface area contributed by atoms with Gasteiger partial charge in [-0.25, -0.2) is 8.42 Å². The summed E-state index contributed by atoms with van der Waals surface area (Å²) in [5.74, 6) is -0.720. The first-order chi connectivity index (χ1) is 10.4. The van der Waals surface area contributed by atoms with E-state index in [2.05, 4.69) is 4.72 Å². The fraction of sp³-hybridized carbons (Fsp3) is 0.467. The van der Waals surface area contributed by atoms with Crippen LogP contribution in [0.2, 0.25) is 5.02 Å². The van der Waals surface area contributed by atoms with Gasteiger partial charge in [0.2, 0.25) is 10.0 Å². The average Bonchev–Trinajstić information content (AvgIpc) is 2.91. The minimum atomic E-state index is -3.51. The van der Waals surface area contributed by atoms with E-state index < -0.39 is 21.1 Å². The zero-order chi connectivity index (χ0) is 15.8. The van der Waals surface area contributed by atoms with E-state index in [4.69, 9.17) is 21.1 Å². The molecule has 2 aliphatic rings. The molecule has 22 heavy (non-hydrogen) atoms. The summed E-state index contributed by atoms with van der Waals surface area (Å²) >= 11 is 5.89. The van der Waals surface area contributed by atoms with E-state index in [9.17, 15) is 8.42 Å². The van der Waals surface area contributed by atoms with Crippen molar-refractivity contribution in [2.24, 2.45) is 0 Å². The van der Waals surface area contributed by atoms with Crippen LogP contribution < -0.4 is 4.72 Å².